The molecule has 0 radical (unpaired) electrons. The standard InChI is InChI=1S/C11H4ClF3N2S/c12-10-9-8(16-4-17-10)7-5(11(13,14)15)2-1-3-6(7)18-9/h1-4H. The largest absolute Gasteiger partial charge is 0.417 e. The molecule has 18 heavy (non-hydrogen) atoms. The fourth-order valence-corrected chi connectivity index (χ4v) is 3.14. The van der Waals surface area contributed by atoms with E-state index in [0.29, 0.717) is 9.40 Å². The molecule has 0 amide bonds. The summed E-state index contributed by atoms with van der Waals surface area (Å²) < 4.78 is 39.8. The third kappa shape index (κ3) is 1.64. The highest BCUT2D eigenvalue weighted by molar-refractivity contribution is 7.26. The Morgan fingerprint density at radius 2 is 1.94 bits per heavy atom. The Balaban J connectivity index is 2.54. The molecule has 92 valence electrons. The Bertz CT molecular complexity index is 751. The highest BCUT2D eigenvalue weighted by Crippen LogP contribution is 2.42. The van der Waals surface area contributed by atoms with Gasteiger partial charge in [-0.2, -0.15) is 13.2 Å². The Morgan fingerprint density at radius 1 is 1.17 bits per heavy atom. The van der Waals surface area contributed by atoms with Gasteiger partial charge in [-0.25, -0.2) is 9.97 Å². The normalized spacial score (nSPS) is 12.4. The van der Waals surface area contributed by atoms with Gasteiger partial charge >= 0.3 is 6.18 Å². The summed E-state index contributed by atoms with van der Waals surface area (Å²) in [6.07, 6.45) is -3.24. The van der Waals surface area contributed by atoms with Gasteiger partial charge in [0, 0.05) is 10.1 Å². The minimum atomic E-state index is -4.41. The summed E-state index contributed by atoms with van der Waals surface area (Å²) in [5.41, 5.74) is -0.441. The lowest BCUT2D eigenvalue weighted by Gasteiger charge is -2.07. The molecule has 0 fully saturated rings. The Labute approximate surface area is 108 Å². The van der Waals surface area contributed by atoms with Crippen molar-refractivity contribution < 1.29 is 13.2 Å². The van der Waals surface area contributed by atoms with Crippen LogP contribution in [0.25, 0.3) is 20.3 Å². The van der Waals surface area contributed by atoms with Crippen molar-refractivity contribution in [2.24, 2.45) is 0 Å². The van der Waals surface area contributed by atoms with Crippen LogP contribution in [0.1, 0.15) is 5.56 Å². The Kier molecular flexibility index (Phi) is 2.46. The number of thiophene rings is 1. The summed E-state index contributed by atoms with van der Waals surface area (Å²) in [6.45, 7) is 0. The van der Waals surface area contributed by atoms with Crippen LogP contribution in [0.15, 0.2) is 24.5 Å². The lowest BCUT2D eigenvalue weighted by molar-refractivity contribution is -0.136. The average Bonchev–Trinajstić information content (AvgIpc) is 2.68. The van der Waals surface area contributed by atoms with Gasteiger partial charge < -0.3 is 0 Å². The zero-order valence-corrected chi connectivity index (χ0v) is 10.2. The van der Waals surface area contributed by atoms with Gasteiger partial charge in [0.05, 0.1) is 15.8 Å². The van der Waals surface area contributed by atoms with E-state index in [1.165, 1.54) is 12.4 Å². The van der Waals surface area contributed by atoms with E-state index < -0.39 is 11.7 Å². The molecular formula is C11H4ClF3N2S. The monoisotopic (exact) mass is 288 g/mol. The average molecular weight is 289 g/mol. The van der Waals surface area contributed by atoms with E-state index in [9.17, 15) is 13.2 Å². The number of fused-ring (bicyclic) bond motifs is 3. The summed E-state index contributed by atoms with van der Waals surface area (Å²) in [6, 6.07) is 4.04. The van der Waals surface area contributed by atoms with E-state index in [1.54, 1.807) is 6.07 Å². The molecule has 0 bridgehead atoms. The fourth-order valence-electron chi connectivity index (χ4n) is 1.83. The molecule has 0 atom stereocenters. The molecule has 3 rings (SSSR count). The second kappa shape index (κ2) is 3.80. The van der Waals surface area contributed by atoms with Crippen LogP contribution >= 0.6 is 22.9 Å². The fraction of sp³-hybridized carbons (Fsp3) is 0.0909. The zero-order chi connectivity index (χ0) is 12.9. The van der Waals surface area contributed by atoms with Crippen molar-refractivity contribution in [3.05, 3.63) is 35.2 Å². The first-order chi connectivity index (χ1) is 8.48. The van der Waals surface area contributed by atoms with Gasteiger partial charge in [0.1, 0.15) is 11.5 Å². The number of alkyl halides is 3. The molecule has 3 aromatic rings. The molecular weight excluding hydrogens is 285 g/mol. The van der Waals surface area contributed by atoms with E-state index in [-0.39, 0.29) is 16.1 Å². The lowest BCUT2D eigenvalue weighted by Crippen LogP contribution is -2.05. The second-order valence-electron chi connectivity index (χ2n) is 3.62. The lowest BCUT2D eigenvalue weighted by atomic mass is 10.1. The minimum absolute atomic E-state index is 0.0919. The van der Waals surface area contributed by atoms with Crippen LogP contribution in [-0.4, -0.2) is 9.97 Å². The third-order valence-electron chi connectivity index (χ3n) is 2.54. The second-order valence-corrected chi connectivity index (χ2v) is 5.03. The third-order valence-corrected chi connectivity index (χ3v) is 4.09. The van der Waals surface area contributed by atoms with E-state index in [0.717, 1.165) is 17.4 Å². The number of halogens is 4. The zero-order valence-electron chi connectivity index (χ0n) is 8.62. The summed E-state index contributed by atoms with van der Waals surface area (Å²) >= 11 is 7.03. The van der Waals surface area contributed by atoms with Gasteiger partial charge in [-0.15, -0.1) is 11.3 Å². The number of hydrogen-bond acceptors (Lipinski definition) is 3. The number of rotatable bonds is 0. The van der Waals surface area contributed by atoms with Gasteiger partial charge in [0.15, 0.2) is 0 Å². The van der Waals surface area contributed by atoms with Crippen LogP contribution in [0.3, 0.4) is 0 Å². The molecule has 1 aromatic carbocycles. The van der Waals surface area contributed by atoms with Crippen LogP contribution in [0.4, 0.5) is 13.2 Å². The first-order valence-electron chi connectivity index (χ1n) is 4.87. The first kappa shape index (κ1) is 11.7. The maximum Gasteiger partial charge on any atom is 0.417 e. The first-order valence-corrected chi connectivity index (χ1v) is 6.07. The molecule has 2 aromatic heterocycles. The topological polar surface area (TPSA) is 25.8 Å². The van der Waals surface area contributed by atoms with Crippen molar-refractivity contribution in [2.45, 2.75) is 6.18 Å². The van der Waals surface area contributed by atoms with Crippen LogP contribution in [0.5, 0.6) is 0 Å². The highest BCUT2D eigenvalue weighted by Gasteiger charge is 2.34. The van der Waals surface area contributed by atoms with Crippen molar-refractivity contribution in [3.63, 3.8) is 0 Å². The van der Waals surface area contributed by atoms with Crippen LogP contribution in [0.2, 0.25) is 5.15 Å². The molecule has 0 saturated carbocycles. The molecule has 7 heteroatoms. The number of aromatic nitrogens is 2. The molecule has 0 aliphatic heterocycles. The van der Waals surface area contributed by atoms with Crippen molar-refractivity contribution in [2.75, 3.05) is 0 Å². The molecule has 2 heterocycles. The Hall–Kier alpha value is -1.40. The van der Waals surface area contributed by atoms with E-state index in [4.69, 9.17) is 11.6 Å². The maximum atomic E-state index is 13.0. The molecule has 0 saturated heterocycles. The SMILES string of the molecule is FC(F)(F)c1cccc2sc3c(Cl)ncnc3c12. The number of nitrogens with zero attached hydrogens (tertiary/aromatic N) is 2. The molecule has 0 aliphatic carbocycles. The van der Waals surface area contributed by atoms with E-state index in [1.807, 2.05) is 0 Å². The van der Waals surface area contributed by atoms with E-state index >= 15 is 0 Å². The molecule has 0 unspecified atom stereocenters. The van der Waals surface area contributed by atoms with Crippen LogP contribution in [0, 0.1) is 0 Å². The predicted octanol–water partition coefficient (Wildman–Crippen LogP) is 4.52. The molecule has 2 nitrogen and oxygen atoms in total. The smallest absolute Gasteiger partial charge is 0.235 e. The van der Waals surface area contributed by atoms with Crippen LogP contribution < -0.4 is 0 Å². The summed E-state index contributed by atoms with van der Waals surface area (Å²) in [4.78, 5) is 7.70. The van der Waals surface area contributed by atoms with Crippen molar-refractivity contribution >= 4 is 43.2 Å². The van der Waals surface area contributed by atoms with Gasteiger partial charge in [-0.1, -0.05) is 17.7 Å². The highest BCUT2D eigenvalue weighted by atomic mass is 35.5. The van der Waals surface area contributed by atoms with Crippen molar-refractivity contribution in [1.29, 1.82) is 0 Å². The van der Waals surface area contributed by atoms with Crippen molar-refractivity contribution in [3.8, 4) is 0 Å². The Morgan fingerprint density at radius 3 is 2.67 bits per heavy atom. The quantitative estimate of drug-likeness (QED) is 0.569. The van der Waals surface area contributed by atoms with Gasteiger partial charge in [0.2, 0.25) is 0 Å². The predicted molar refractivity (Wildman–Crippen MR) is 64.9 cm³/mol. The molecule has 0 aliphatic rings. The summed E-state index contributed by atoms with van der Waals surface area (Å²) in [7, 11) is 0. The maximum absolute atomic E-state index is 13.0. The molecule has 0 N–H and O–H groups in total. The van der Waals surface area contributed by atoms with Gasteiger partial charge in [-0.3, -0.25) is 0 Å². The number of hydrogen-bond donors (Lipinski definition) is 0. The van der Waals surface area contributed by atoms with Gasteiger partial charge in [0.25, 0.3) is 0 Å². The summed E-state index contributed by atoms with van der Waals surface area (Å²) in [5.74, 6) is 0. The number of benzene rings is 1. The minimum Gasteiger partial charge on any atom is -0.235 e. The summed E-state index contributed by atoms with van der Waals surface area (Å²) in [5, 5.41) is 0.267. The van der Waals surface area contributed by atoms with Crippen molar-refractivity contribution in [1.82, 2.24) is 9.97 Å². The van der Waals surface area contributed by atoms with E-state index in [2.05, 4.69) is 9.97 Å². The van der Waals surface area contributed by atoms with Crippen LogP contribution in [-0.2, 0) is 6.18 Å². The molecule has 0 spiro atoms. The van der Waals surface area contributed by atoms with Gasteiger partial charge in [-0.05, 0) is 12.1 Å².